The van der Waals surface area contributed by atoms with Crippen LogP contribution in [0.25, 0.3) is 5.65 Å². The van der Waals surface area contributed by atoms with Gasteiger partial charge in [-0.25, -0.2) is 19.1 Å². The lowest BCUT2D eigenvalue weighted by Crippen LogP contribution is -2.61. The van der Waals surface area contributed by atoms with Crippen molar-refractivity contribution in [2.45, 2.75) is 58.7 Å². The fourth-order valence-electron chi connectivity index (χ4n) is 3.92. The van der Waals surface area contributed by atoms with Gasteiger partial charge in [-0.15, -0.1) is 0 Å². The summed E-state index contributed by atoms with van der Waals surface area (Å²) in [4.78, 5) is 33.5. The van der Waals surface area contributed by atoms with Crippen LogP contribution in [-0.4, -0.2) is 82.7 Å². The van der Waals surface area contributed by atoms with E-state index in [0.29, 0.717) is 31.0 Å². The van der Waals surface area contributed by atoms with Crippen molar-refractivity contribution in [3.8, 4) is 0 Å². The monoisotopic (exact) mass is 481 g/mol. The lowest BCUT2D eigenvalue weighted by atomic mass is 10.0. The summed E-state index contributed by atoms with van der Waals surface area (Å²) >= 11 is 6.32. The minimum absolute atomic E-state index is 0.0977. The number of carbonyl (C=O) groups excluding carboxylic acids is 2. The van der Waals surface area contributed by atoms with E-state index >= 15 is 0 Å². The minimum atomic E-state index is -0.590. The summed E-state index contributed by atoms with van der Waals surface area (Å²) in [6, 6.07) is 1.44. The minimum Gasteiger partial charge on any atom is -0.461 e. The number of nitrogens with zero attached hydrogens (tertiary/aromatic N) is 5. The fraction of sp³-hybridized carbons (Fsp3) is 0.636. The van der Waals surface area contributed by atoms with E-state index < -0.39 is 11.6 Å². The maximum Gasteiger partial charge on any atom is 0.410 e. The first-order valence-corrected chi connectivity index (χ1v) is 11.4. The number of ether oxygens (including phenoxy) is 3. The number of fused-ring (bicyclic) bond motifs is 1. The van der Waals surface area contributed by atoms with E-state index in [2.05, 4.69) is 15.0 Å². The Morgan fingerprint density at radius 3 is 2.55 bits per heavy atom. The topological polar surface area (TPSA) is 98.5 Å². The Labute approximate surface area is 198 Å². The highest BCUT2D eigenvalue weighted by molar-refractivity contribution is 6.29. The van der Waals surface area contributed by atoms with Crippen molar-refractivity contribution in [1.29, 1.82) is 0 Å². The van der Waals surface area contributed by atoms with E-state index in [4.69, 9.17) is 25.8 Å². The zero-order valence-electron chi connectivity index (χ0n) is 20.0. The molecule has 0 spiro atoms. The van der Waals surface area contributed by atoms with Crippen molar-refractivity contribution < 1.29 is 23.8 Å². The van der Waals surface area contributed by atoms with Gasteiger partial charge in [0.05, 0.1) is 37.2 Å². The Morgan fingerprint density at radius 1 is 1.21 bits per heavy atom. The number of carbonyl (C=O) groups is 2. The average molecular weight is 482 g/mol. The Morgan fingerprint density at radius 2 is 1.94 bits per heavy atom. The van der Waals surface area contributed by atoms with Gasteiger partial charge in [-0.05, 0) is 34.1 Å². The number of amides is 1. The molecule has 0 saturated carbocycles. The standard InChI is InChI=1S/C22H32ClN5O5/c1-7-14-10-26(15(13-31-6)11-27(14)21(30)33-22(3,4)5)17-9-18(23)25-28-12-16(24-19(17)28)20(29)32-8-2/h9,12,14-15H,7-8,10-11,13H2,1-6H3/t14-,15-/m1/s1. The molecule has 3 rings (SSSR count). The third-order valence-electron chi connectivity index (χ3n) is 5.32. The molecule has 1 saturated heterocycles. The van der Waals surface area contributed by atoms with Crippen molar-refractivity contribution >= 4 is 35.0 Å². The molecule has 0 bridgehead atoms. The molecule has 2 aromatic heterocycles. The highest BCUT2D eigenvalue weighted by Crippen LogP contribution is 2.31. The van der Waals surface area contributed by atoms with Crippen LogP contribution in [-0.2, 0) is 14.2 Å². The zero-order chi connectivity index (χ0) is 24.3. The number of halogens is 1. The van der Waals surface area contributed by atoms with Crippen molar-refractivity contribution in [1.82, 2.24) is 19.5 Å². The van der Waals surface area contributed by atoms with Crippen LogP contribution in [0.1, 0.15) is 51.5 Å². The Kier molecular flexibility index (Phi) is 7.69. The molecule has 2 atom stereocenters. The molecule has 1 fully saturated rings. The average Bonchev–Trinajstić information content (AvgIpc) is 3.16. The number of methoxy groups -OCH3 is 1. The van der Waals surface area contributed by atoms with E-state index in [1.54, 1.807) is 25.0 Å². The van der Waals surface area contributed by atoms with Crippen LogP contribution >= 0.6 is 11.6 Å². The van der Waals surface area contributed by atoms with Gasteiger partial charge in [-0.2, -0.15) is 5.10 Å². The zero-order valence-corrected chi connectivity index (χ0v) is 20.8. The van der Waals surface area contributed by atoms with Crippen LogP contribution in [0.2, 0.25) is 5.15 Å². The highest BCUT2D eigenvalue weighted by atomic mass is 35.5. The van der Waals surface area contributed by atoms with Crippen LogP contribution in [0.5, 0.6) is 0 Å². The predicted octanol–water partition coefficient (Wildman–Crippen LogP) is 3.41. The van der Waals surface area contributed by atoms with E-state index in [9.17, 15) is 9.59 Å². The fourth-order valence-corrected chi connectivity index (χ4v) is 4.10. The van der Waals surface area contributed by atoms with Crippen molar-refractivity contribution in [3.63, 3.8) is 0 Å². The van der Waals surface area contributed by atoms with Crippen molar-refractivity contribution in [2.24, 2.45) is 0 Å². The molecule has 11 heteroatoms. The van der Waals surface area contributed by atoms with Gasteiger partial charge in [0.2, 0.25) is 0 Å². The lowest BCUT2D eigenvalue weighted by Gasteiger charge is -2.47. The molecule has 1 aliphatic heterocycles. The molecule has 182 valence electrons. The number of piperazine rings is 1. The van der Waals surface area contributed by atoms with E-state index in [-0.39, 0.29) is 35.6 Å². The first kappa shape index (κ1) is 25.0. The second-order valence-electron chi connectivity index (χ2n) is 8.92. The number of rotatable bonds is 6. The molecule has 33 heavy (non-hydrogen) atoms. The molecular formula is C22H32ClN5O5. The first-order valence-electron chi connectivity index (χ1n) is 11.1. The SMILES string of the molecule is CCOC(=O)c1cn2nc(Cl)cc(N3C[C@@H](CC)N(C(=O)OC(C)(C)C)C[C@@H]3COC)c2n1. The Balaban J connectivity index is 2.00. The van der Waals surface area contributed by atoms with Gasteiger partial charge in [0.1, 0.15) is 5.60 Å². The summed E-state index contributed by atoms with van der Waals surface area (Å²) in [5, 5.41) is 4.51. The number of hydrogen-bond donors (Lipinski definition) is 0. The Hall–Kier alpha value is -2.59. The largest absolute Gasteiger partial charge is 0.461 e. The molecule has 3 heterocycles. The summed E-state index contributed by atoms with van der Waals surface area (Å²) < 4.78 is 17.7. The Bertz CT molecular complexity index is 1000. The summed E-state index contributed by atoms with van der Waals surface area (Å²) in [7, 11) is 1.62. The van der Waals surface area contributed by atoms with Crippen LogP contribution in [0.3, 0.4) is 0 Å². The van der Waals surface area contributed by atoms with Crippen LogP contribution in [0.15, 0.2) is 12.3 Å². The number of imidazole rings is 1. The van der Waals surface area contributed by atoms with E-state index in [0.717, 1.165) is 6.42 Å². The van der Waals surface area contributed by atoms with Crippen LogP contribution in [0, 0.1) is 0 Å². The maximum absolute atomic E-state index is 12.9. The first-order chi connectivity index (χ1) is 15.6. The molecule has 1 amide bonds. The third kappa shape index (κ3) is 5.67. The maximum atomic E-state index is 12.9. The molecule has 0 radical (unpaired) electrons. The molecule has 0 unspecified atom stereocenters. The third-order valence-corrected chi connectivity index (χ3v) is 5.51. The summed E-state index contributed by atoms with van der Waals surface area (Å²) in [6.45, 7) is 10.8. The number of esters is 1. The van der Waals surface area contributed by atoms with Crippen molar-refractivity contribution in [2.75, 3.05) is 38.3 Å². The molecule has 10 nitrogen and oxygen atoms in total. The van der Waals surface area contributed by atoms with E-state index in [1.165, 1.54) is 10.7 Å². The lowest BCUT2D eigenvalue weighted by molar-refractivity contribution is 0.00644. The summed E-state index contributed by atoms with van der Waals surface area (Å²) in [5.74, 6) is -0.528. The summed E-state index contributed by atoms with van der Waals surface area (Å²) in [5.41, 5.74) is 0.738. The molecule has 2 aromatic rings. The molecular weight excluding hydrogens is 450 g/mol. The van der Waals surface area contributed by atoms with Crippen LogP contribution < -0.4 is 4.90 Å². The van der Waals surface area contributed by atoms with Gasteiger partial charge in [0, 0.05) is 26.3 Å². The predicted molar refractivity (Wildman–Crippen MR) is 124 cm³/mol. The molecule has 0 aliphatic carbocycles. The number of anilines is 1. The van der Waals surface area contributed by atoms with E-state index in [1.807, 2.05) is 27.7 Å². The quantitative estimate of drug-likeness (QED) is 0.579. The second kappa shape index (κ2) is 10.1. The normalized spacial score (nSPS) is 19.1. The smallest absolute Gasteiger partial charge is 0.410 e. The second-order valence-corrected chi connectivity index (χ2v) is 9.31. The number of aromatic nitrogens is 3. The summed E-state index contributed by atoms with van der Waals surface area (Å²) in [6.07, 6.45) is 1.88. The highest BCUT2D eigenvalue weighted by Gasteiger charge is 2.38. The van der Waals surface area contributed by atoms with Gasteiger partial charge in [-0.3, -0.25) is 0 Å². The van der Waals surface area contributed by atoms with Crippen LogP contribution in [0.4, 0.5) is 10.5 Å². The van der Waals surface area contributed by atoms with Gasteiger partial charge in [0.25, 0.3) is 0 Å². The molecule has 0 N–H and O–H groups in total. The van der Waals surface area contributed by atoms with Crippen molar-refractivity contribution in [3.05, 3.63) is 23.1 Å². The van der Waals surface area contributed by atoms with Gasteiger partial charge < -0.3 is 24.0 Å². The van der Waals surface area contributed by atoms with Gasteiger partial charge in [0.15, 0.2) is 16.5 Å². The van der Waals surface area contributed by atoms with Gasteiger partial charge >= 0.3 is 12.1 Å². The molecule has 0 aromatic carbocycles. The molecule has 1 aliphatic rings. The van der Waals surface area contributed by atoms with Gasteiger partial charge in [-0.1, -0.05) is 18.5 Å². The number of hydrogen-bond acceptors (Lipinski definition) is 8.